The molecule has 0 aromatic heterocycles. The average molecular weight is 388 g/mol. The topological polar surface area (TPSA) is 95.9 Å². The van der Waals surface area contributed by atoms with Crippen molar-refractivity contribution < 1.29 is 19.4 Å². The monoisotopic (exact) mass is 388 g/mol. The summed E-state index contributed by atoms with van der Waals surface area (Å²) in [4.78, 5) is 12.3. The Morgan fingerprint density at radius 3 is 2.37 bits per heavy atom. The van der Waals surface area contributed by atoms with Gasteiger partial charge in [-0.1, -0.05) is 48.0 Å². The highest BCUT2D eigenvalue weighted by Gasteiger charge is 2.26. The second-order valence-corrected chi connectivity index (χ2v) is 7.68. The summed E-state index contributed by atoms with van der Waals surface area (Å²) in [5.41, 5.74) is 2.78. The number of benzene rings is 2. The van der Waals surface area contributed by atoms with Crippen LogP contribution in [0.3, 0.4) is 0 Å². The number of nitrogens with zero attached hydrogens (tertiary/aromatic N) is 1. The first-order valence-electron chi connectivity index (χ1n) is 8.74. The summed E-state index contributed by atoms with van der Waals surface area (Å²) in [6.45, 7) is 2.23. The normalized spacial score (nSPS) is 12.9. The van der Waals surface area contributed by atoms with Crippen molar-refractivity contribution in [1.29, 1.82) is 0 Å². The minimum absolute atomic E-state index is 0.0889. The van der Waals surface area contributed by atoms with E-state index in [2.05, 4.69) is 5.32 Å². The van der Waals surface area contributed by atoms with Crippen LogP contribution in [0.4, 0.5) is 5.69 Å². The number of carbonyl (C=O) groups is 1. The predicted octanol–water partition coefficient (Wildman–Crippen LogP) is 1.22. The van der Waals surface area contributed by atoms with Crippen molar-refractivity contribution in [3.05, 3.63) is 65.7 Å². The van der Waals surface area contributed by atoms with E-state index in [-0.39, 0.29) is 18.9 Å². The molecule has 0 heterocycles. The fraction of sp³-hybridized carbons (Fsp3) is 0.316. The maximum absolute atomic E-state index is 12.3. The Hall–Kier alpha value is -2.00. The summed E-state index contributed by atoms with van der Waals surface area (Å²) in [5, 5.41) is 21.9. The van der Waals surface area contributed by atoms with Crippen LogP contribution in [0, 0.1) is 6.92 Å². The molecule has 0 aliphatic heterocycles. The molecule has 0 aliphatic carbocycles. The van der Waals surface area contributed by atoms with Crippen LogP contribution in [-0.2, 0) is 22.6 Å². The third kappa shape index (κ3) is 6.91. The van der Waals surface area contributed by atoms with E-state index >= 15 is 0 Å². The van der Waals surface area contributed by atoms with E-state index in [0.717, 1.165) is 16.8 Å². The molecule has 3 N–H and O–H groups in total. The Bertz CT molecular complexity index is 713. The van der Waals surface area contributed by atoms with Gasteiger partial charge in [0.25, 0.3) is 0 Å². The van der Waals surface area contributed by atoms with Gasteiger partial charge in [-0.2, -0.15) is 4.31 Å². The van der Waals surface area contributed by atoms with Crippen molar-refractivity contribution in [1.82, 2.24) is 5.32 Å². The molecule has 144 valence electrons. The minimum atomic E-state index is -1.67. The minimum Gasteiger partial charge on any atom is -0.593 e. The molecule has 0 fully saturated rings. The highest BCUT2D eigenvalue weighted by Crippen LogP contribution is 2.17. The van der Waals surface area contributed by atoms with Crippen LogP contribution in [0.2, 0.25) is 0 Å². The Balaban J connectivity index is 1.93. The van der Waals surface area contributed by atoms with E-state index in [0.29, 0.717) is 6.42 Å². The standard InChI is InChI=1S/C19H25BN2O4S/c1-15-8-10-16(11-9-15)14-18(20(24)25)21-19(23)12-13-22(27(2)26)17-6-4-3-5-7-17/h3-11,18,24-25H,12-14H2,1-2H3,(H,21,23)/t18-,27?/m0/s1. The second kappa shape index (κ2) is 10.4. The number of carbonyl (C=O) groups excluding carboxylic acids is 1. The molecular formula is C19H25BN2O4S. The van der Waals surface area contributed by atoms with Gasteiger partial charge in [-0.15, -0.1) is 0 Å². The molecule has 27 heavy (non-hydrogen) atoms. The molecule has 2 atom stereocenters. The molecule has 0 aliphatic rings. The van der Waals surface area contributed by atoms with E-state index in [4.69, 9.17) is 0 Å². The first kappa shape index (κ1) is 21.3. The van der Waals surface area contributed by atoms with Crippen LogP contribution in [-0.4, -0.2) is 46.4 Å². The molecule has 6 nitrogen and oxygen atoms in total. The Morgan fingerprint density at radius 2 is 1.81 bits per heavy atom. The Kier molecular flexibility index (Phi) is 8.18. The van der Waals surface area contributed by atoms with E-state index in [1.54, 1.807) is 10.6 Å². The van der Waals surface area contributed by atoms with Gasteiger partial charge in [-0.25, -0.2) is 0 Å². The number of hydrogen-bond acceptors (Lipinski definition) is 5. The van der Waals surface area contributed by atoms with E-state index in [9.17, 15) is 19.4 Å². The molecule has 0 bridgehead atoms. The molecule has 2 aromatic rings. The van der Waals surface area contributed by atoms with Crippen LogP contribution in [0.25, 0.3) is 0 Å². The molecular weight excluding hydrogens is 363 g/mol. The van der Waals surface area contributed by atoms with Crippen LogP contribution in [0.1, 0.15) is 17.5 Å². The highest BCUT2D eigenvalue weighted by atomic mass is 32.2. The van der Waals surface area contributed by atoms with E-state index in [1.165, 1.54) is 0 Å². The lowest BCUT2D eigenvalue weighted by molar-refractivity contribution is -0.121. The molecule has 0 saturated heterocycles. The smallest absolute Gasteiger partial charge is 0.475 e. The van der Waals surface area contributed by atoms with Gasteiger partial charge in [-0.05, 0) is 31.0 Å². The van der Waals surface area contributed by atoms with Crippen molar-refractivity contribution in [3.8, 4) is 0 Å². The number of aryl methyl sites for hydroxylation is 1. The highest BCUT2D eigenvalue weighted by molar-refractivity contribution is 7.92. The zero-order chi connectivity index (χ0) is 19.8. The maximum atomic E-state index is 12.3. The number of hydrogen-bond donors (Lipinski definition) is 3. The molecule has 0 saturated carbocycles. The molecule has 1 amide bonds. The van der Waals surface area contributed by atoms with Gasteiger partial charge >= 0.3 is 7.12 Å². The second-order valence-electron chi connectivity index (χ2n) is 6.39. The van der Waals surface area contributed by atoms with Gasteiger partial charge in [0.05, 0.1) is 29.5 Å². The molecule has 2 aromatic carbocycles. The van der Waals surface area contributed by atoms with Gasteiger partial charge in [0.2, 0.25) is 5.91 Å². The quantitative estimate of drug-likeness (QED) is 0.444. The summed E-state index contributed by atoms with van der Waals surface area (Å²) < 4.78 is 13.6. The van der Waals surface area contributed by atoms with Crippen molar-refractivity contribution >= 4 is 30.1 Å². The van der Waals surface area contributed by atoms with E-state index < -0.39 is 24.4 Å². The Labute approximate surface area is 163 Å². The Morgan fingerprint density at radius 1 is 1.19 bits per heavy atom. The number of nitrogens with one attached hydrogen (secondary N) is 1. The molecule has 0 radical (unpaired) electrons. The fourth-order valence-corrected chi connectivity index (χ4v) is 3.46. The lowest BCUT2D eigenvalue weighted by Crippen LogP contribution is -2.48. The van der Waals surface area contributed by atoms with Crippen LogP contribution >= 0.6 is 0 Å². The molecule has 1 unspecified atom stereocenters. The third-order valence-corrected chi connectivity index (χ3v) is 5.19. The largest absolute Gasteiger partial charge is 0.593 e. The average Bonchev–Trinajstić information content (AvgIpc) is 2.63. The van der Waals surface area contributed by atoms with Crippen molar-refractivity contribution in [2.45, 2.75) is 25.7 Å². The van der Waals surface area contributed by atoms with Crippen LogP contribution < -0.4 is 9.62 Å². The van der Waals surface area contributed by atoms with E-state index in [1.807, 2.05) is 61.5 Å². The zero-order valence-electron chi connectivity index (χ0n) is 15.5. The maximum Gasteiger partial charge on any atom is 0.475 e. The third-order valence-electron chi connectivity index (χ3n) is 4.18. The summed E-state index contributed by atoms with van der Waals surface area (Å²) >= 11 is -1.27. The van der Waals surface area contributed by atoms with Gasteiger partial charge < -0.3 is 19.9 Å². The SMILES string of the molecule is Cc1ccc(C[C@H](NC(=O)CCN(c2ccccc2)[S+](C)[O-])B(O)O)cc1. The van der Waals surface area contributed by atoms with Crippen LogP contribution in [0.5, 0.6) is 0 Å². The summed E-state index contributed by atoms with van der Waals surface area (Å²) in [7, 11) is -1.67. The van der Waals surface area contributed by atoms with Crippen molar-refractivity contribution in [2.24, 2.45) is 0 Å². The number of anilines is 1. The van der Waals surface area contributed by atoms with Gasteiger partial charge in [0.15, 0.2) is 0 Å². The molecule has 8 heteroatoms. The lowest BCUT2D eigenvalue weighted by Gasteiger charge is -2.24. The first-order chi connectivity index (χ1) is 12.9. The van der Waals surface area contributed by atoms with Crippen molar-refractivity contribution in [2.75, 3.05) is 17.1 Å². The summed E-state index contributed by atoms with van der Waals surface area (Å²) in [6.07, 6.45) is 1.96. The van der Waals surface area contributed by atoms with Crippen molar-refractivity contribution in [3.63, 3.8) is 0 Å². The van der Waals surface area contributed by atoms with Gasteiger partial charge in [0, 0.05) is 6.42 Å². The predicted molar refractivity (Wildman–Crippen MR) is 109 cm³/mol. The first-order valence-corrected chi connectivity index (χ1v) is 10.3. The fourth-order valence-electron chi connectivity index (χ4n) is 2.69. The van der Waals surface area contributed by atoms with Crippen LogP contribution in [0.15, 0.2) is 54.6 Å². The number of amides is 1. The van der Waals surface area contributed by atoms with Gasteiger partial charge in [-0.3, -0.25) is 4.79 Å². The zero-order valence-corrected chi connectivity index (χ0v) is 16.4. The summed E-state index contributed by atoms with van der Waals surface area (Å²) in [5.74, 6) is -1.14. The number of rotatable bonds is 9. The number of para-hydroxylation sites is 1. The van der Waals surface area contributed by atoms with Gasteiger partial charge in [0.1, 0.15) is 6.26 Å². The molecule has 0 spiro atoms. The lowest BCUT2D eigenvalue weighted by atomic mass is 9.76. The molecule has 2 rings (SSSR count). The summed E-state index contributed by atoms with van der Waals surface area (Å²) in [6, 6.07) is 16.9.